The highest BCUT2D eigenvalue weighted by atomic mass is 16.6. The van der Waals surface area contributed by atoms with E-state index in [0.717, 1.165) is 0 Å². The van der Waals surface area contributed by atoms with Gasteiger partial charge >= 0.3 is 5.97 Å². The summed E-state index contributed by atoms with van der Waals surface area (Å²) in [4.78, 5) is 11.0. The van der Waals surface area contributed by atoms with Crippen molar-refractivity contribution < 1.29 is 24.1 Å². The maximum absolute atomic E-state index is 11.0. The lowest BCUT2D eigenvalue weighted by molar-refractivity contribution is -0.150. The van der Waals surface area contributed by atoms with Crippen molar-refractivity contribution in [3.05, 3.63) is 0 Å². The van der Waals surface area contributed by atoms with Crippen LogP contribution < -0.4 is 0 Å². The first kappa shape index (κ1) is 14.3. The van der Waals surface area contributed by atoms with Gasteiger partial charge in [0.1, 0.15) is 6.61 Å². The monoisotopic (exact) mass is 220 g/mol. The number of aliphatic hydroxyl groups excluding tert-OH is 1. The summed E-state index contributed by atoms with van der Waals surface area (Å²) >= 11 is 0. The summed E-state index contributed by atoms with van der Waals surface area (Å²) in [7, 11) is 0. The largest absolute Gasteiger partial charge is 0.464 e. The molecule has 0 rings (SSSR count). The zero-order valence-electron chi connectivity index (χ0n) is 9.40. The van der Waals surface area contributed by atoms with Gasteiger partial charge in [-0.15, -0.1) is 0 Å². The maximum Gasteiger partial charge on any atom is 0.332 e. The van der Waals surface area contributed by atoms with E-state index in [-0.39, 0.29) is 19.2 Å². The zero-order valence-corrected chi connectivity index (χ0v) is 9.40. The molecule has 0 bridgehead atoms. The van der Waals surface area contributed by atoms with E-state index >= 15 is 0 Å². The summed E-state index contributed by atoms with van der Waals surface area (Å²) < 4.78 is 14.8. The number of ether oxygens (including phenoxy) is 3. The van der Waals surface area contributed by atoms with E-state index in [4.69, 9.17) is 19.3 Å². The van der Waals surface area contributed by atoms with Crippen molar-refractivity contribution in [1.82, 2.24) is 0 Å². The summed E-state index contributed by atoms with van der Waals surface area (Å²) in [6.45, 7) is 5.30. The van der Waals surface area contributed by atoms with Gasteiger partial charge in [0.2, 0.25) is 0 Å². The SMILES string of the molecule is CC(C)COC(=O)COCCOCCO. The Morgan fingerprint density at radius 3 is 2.47 bits per heavy atom. The quantitative estimate of drug-likeness (QED) is 0.444. The van der Waals surface area contributed by atoms with Crippen molar-refractivity contribution in [2.24, 2.45) is 5.92 Å². The van der Waals surface area contributed by atoms with Crippen LogP contribution in [0.3, 0.4) is 0 Å². The molecule has 0 aromatic rings. The van der Waals surface area contributed by atoms with E-state index in [2.05, 4.69) is 0 Å². The van der Waals surface area contributed by atoms with Gasteiger partial charge in [-0.1, -0.05) is 13.8 Å². The molecule has 0 fully saturated rings. The first-order valence-electron chi connectivity index (χ1n) is 5.08. The van der Waals surface area contributed by atoms with Crippen molar-refractivity contribution in [2.75, 3.05) is 39.6 Å². The van der Waals surface area contributed by atoms with Crippen molar-refractivity contribution in [3.8, 4) is 0 Å². The van der Waals surface area contributed by atoms with Crippen LogP contribution in [0.2, 0.25) is 0 Å². The van der Waals surface area contributed by atoms with Gasteiger partial charge in [-0.05, 0) is 5.92 Å². The molecule has 0 aromatic heterocycles. The predicted octanol–water partition coefficient (Wildman–Crippen LogP) is 0.211. The molecular formula is C10H20O5. The number of hydrogen-bond acceptors (Lipinski definition) is 5. The molecule has 5 heteroatoms. The fourth-order valence-electron chi connectivity index (χ4n) is 0.741. The standard InChI is InChI=1S/C10H20O5/c1-9(2)7-15-10(12)8-14-6-5-13-4-3-11/h9,11H,3-8H2,1-2H3. The third-order valence-electron chi connectivity index (χ3n) is 1.41. The summed E-state index contributed by atoms with van der Waals surface area (Å²) in [5.74, 6) is -0.0207. The van der Waals surface area contributed by atoms with Crippen LogP contribution >= 0.6 is 0 Å². The first-order chi connectivity index (χ1) is 7.16. The van der Waals surface area contributed by atoms with Crippen LogP contribution in [-0.2, 0) is 19.0 Å². The third kappa shape index (κ3) is 11.3. The normalized spacial score (nSPS) is 10.7. The second-order valence-electron chi connectivity index (χ2n) is 3.47. The molecule has 0 spiro atoms. The Balaban J connectivity index is 3.17. The fraction of sp³-hybridized carbons (Fsp3) is 0.900. The van der Waals surface area contributed by atoms with Gasteiger partial charge in [0.15, 0.2) is 0 Å². The van der Waals surface area contributed by atoms with Crippen LogP contribution in [0.4, 0.5) is 0 Å². The molecule has 0 aromatic carbocycles. The summed E-state index contributed by atoms with van der Waals surface area (Å²) in [6.07, 6.45) is 0. The topological polar surface area (TPSA) is 65.0 Å². The van der Waals surface area contributed by atoms with Crippen LogP contribution in [0, 0.1) is 5.92 Å². The molecule has 0 saturated carbocycles. The number of carbonyl (C=O) groups excluding carboxylic acids is 1. The second kappa shape index (κ2) is 9.89. The molecule has 0 amide bonds. The molecule has 0 saturated heterocycles. The number of hydrogen-bond donors (Lipinski definition) is 1. The van der Waals surface area contributed by atoms with Crippen LogP contribution in [-0.4, -0.2) is 50.7 Å². The fourth-order valence-corrected chi connectivity index (χ4v) is 0.741. The molecule has 0 radical (unpaired) electrons. The smallest absolute Gasteiger partial charge is 0.332 e. The predicted molar refractivity (Wildman–Crippen MR) is 54.5 cm³/mol. The zero-order chi connectivity index (χ0) is 11.5. The van der Waals surface area contributed by atoms with E-state index in [1.165, 1.54) is 0 Å². The molecule has 0 heterocycles. The lowest BCUT2D eigenvalue weighted by Crippen LogP contribution is -2.17. The Kier molecular flexibility index (Phi) is 9.46. The highest BCUT2D eigenvalue weighted by Crippen LogP contribution is 1.93. The molecule has 1 N–H and O–H groups in total. The van der Waals surface area contributed by atoms with Crippen LogP contribution in [0.1, 0.15) is 13.8 Å². The number of carbonyl (C=O) groups is 1. The Labute approximate surface area is 90.3 Å². The molecule has 0 atom stereocenters. The molecular weight excluding hydrogens is 200 g/mol. The molecule has 15 heavy (non-hydrogen) atoms. The molecule has 0 unspecified atom stereocenters. The minimum atomic E-state index is -0.356. The average Bonchev–Trinajstić information content (AvgIpc) is 2.20. The van der Waals surface area contributed by atoms with Gasteiger partial charge in [0.05, 0.1) is 33.0 Å². The highest BCUT2D eigenvalue weighted by Gasteiger charge is 2.03. The van der Waals surface area contributed by atoms with Crippen LogP contribution in [0.15, 0.2) is 0 Å². The molecule has 0 aliphatic heterocycles. The molecule has 0 aliphatic rings. The van der Waals surface area contributed by atoms with Crippen molar-refractivity contribution in [2.45, 2.75) is 13.8 Å². The van der Waals surface area contributed by atoms with Crippen molar-refractivity contribution >= 4 is 5.97 Å². The average molecular weight is 220 g/mol. The van der Waals surface area contributed by atoms with E-state index < -0.39 is 0 Å². The Hall–Kier alpha value is -0.650. The molecule has 5 nitrogen and oxygen atoms in total. The Morgan fingerprint density at radius 2 is 1.87 bits per heavy atom. The van der Waals surface area contributed by atoms with Gasteiger partial charge < -0.3 is 19.3 Å². The minimum absolute atomic E-state index is 0.00354. The highest BCUT2D eigenvalue weighted by molar-refractivity contribution is 5.70. The van der Waals surface area contributed by atoms with Crippen LogP contribution in [0.25, 0.3) is 0 Å². The minimum Gasteiger partial charge on any atom is -0.464 e. The number of rotatable bonds is 9. The Bertz CT molecular complexity index is 158. The van der Waals surface area contributed by atoms with Gasteiger partial charge in [0.25, 0.3) is 0 Å². The van der Waals surface area contributed by atoms with Gasteiger partial charge in [-0.25, -0.2) is 4.79 Å². The number of aliphatic hydroxyl groups is 1. The lowest BCUT2D eigenvalue weighted by Gasteiger charge is -2.07. The maximum atomic E-state index is 11.0. The third-order valence-corrected chi connectivity index (χ3v) is 1.41. The Morgan fingerprint density at radius 1 is 1.20 bits per heavy atom. The first-order valence-corrected chi connectivity index (χ1v) is 5.08. The summed E-state index contributed by atoms with van der Waals surface area (Å²) in [5, 5.41) is 8.39. The molecule has 0 aliphatic carbocycles. The van der Waals surface area contributed by atoms with Crippen molar-refractivity contribution in [3.63, 3.8) is 0 Å². The summed E-state index contributed by atoms with van der Waals surface area (Å²) in [6, 6.07) is 0. The van der Waals surface area contributed by atoms with Gasteiger partial charge in [-0.2, -0.15) is 0 Å². The van der Waals surface area contributed by atoms with Gasteiger partial charge in [-0.3, -0.25) is 0 Å². The van der Waals surface area contributed by atoms with Gasteiger partial charge in [0, 0.05) is 0 Å². The number of esters is 1. The second-order valence-corrected chi connectivity index (χ2v) is 3.47. The lowest BCUT2D eigenvalue weighted by atomic mass is 10.2. The van der Waals surface area contributed by atoms with E-state index in [9.17, 15) is 4.79 Å². The summed E-state index contributed by atoms with van der Waals surface area (Å²) in [5.41, 5.74) is 0. The molecule has 90 valence electrons. The van der Waals surface area contributed by atoms with Crippen LogP contribution in [0.5, 0.6) is 0 Å². The van der Waals surface area contributed by atoms with E-state index in [1.807, 2.05) is 13.8 Å². The van der Waals surface area contributed by atoms with E-state index in [1.54, 1.807) is 0 Å². The van der Waals surface area contributed by atoms with Crippen molar-refractivity contribution in [1.29, 1.82) is 0 Å². The van der Waals surface area contributed by atoms with E-state index in [0.29, 0.717) is 32.3 Å².